The number of carbonyl (C=O) groups is 1. The number of nitrogens with zero attached hydrogens (tertiary/aromatic N) is 2. The summed E-state index contributed by atoms with van der Waals surface area (Å²) in [6, 6.07) is 6.09. The predicted molar refractivity (Wildman–Crippen MR) is 135 cm³/mol. The van der Waals surface area contributed by atoms with Crippen LogP contribution in [0.3, 0.4) is 0 Å². The second-order valence-corrected chi connectivity index (χ2v) is 11.6. The van der Waals surface area contributed by atoms with E-state index in [1.807, 2.05) is 12.1 Å². The SMILES string of the molecule is C[C@@]1(N2CCC(c3cc4cc(NC(=O)[C@H]5COC6(CCC6)C5)ncc4cc3Cl)CC2)COC[C@@H]1O. The molecule has 3 aliphatic heterocycles. The van der Waals surface area contributed by atoms with Crippen molar-refractivity contribution in [2.45, 2.75) is 68.6 Å². The zero-order valence-corrected chi connectivity index (χ0v) is 21.0. The first kappa shape index (κ1) is 23.6. The lowest BCUT2D eigenvalue weighted by atomic mass is 9.76. The number of hydrogen-bond donors (Lipinski definition) is 2. The van der Waals surface area contributed by atoms with E-state index in [-0.39, 0.29) is 23.0 Å². The first-order valence-corrected chi connectivity index (χ1v) is 13.3. The highest BCUT2D eigenvalue weighted by Crippen LogP contribution is 2.45. The molecule has 4 heterocycles. The summed E-state index contributed by atoms with van der Waals surface area (Å²) in [5.41, 5.74) is 0.798. The average molecular weight is 500 g/mol. The van der Waals surface area contributed by atoms with Gasteiger partial charge in [-0.1, -0.05) is 11.6 Å². The number of nitrogens with one attached hydrogen (secondary N) is 1. The Morgan fingerprint density at radius 1 is 1.20 bits per heavy atom. The number of carbonyl (C=O) groups excluding carboxylic acids is 1. The Labute approximate surface area is 211 Å². The van der Waals surface area contributed by atoms with Gasteiger partial charge in [0, 0.05) is 16.6 Å². The minimum Gasteiger partial charge on any atom is -0.389 e. The number of aliphatic hydroxyl groups excluding tert-OH is 1. The normalized spacial score (nSPS) is 31.2. The quantitative estimate of drug-likeness (QED) is 0.658. The van der Waals surface area contributed by atoms with Gasteiger partial charge < -0.3 is 19.9 Å². The summed E-state index contributed by atoms with van der Waals surface area (Å²) in [5, 5.41) is 16.2. The van der Waals surface area contributed by atoms with Crippen molar-refractivity contribution in [2.75, 3.05) is 38.2 Å². The maximum absolute atomic E-state index is 12.9. The van der Waals surface area contributed by atoms with E-state index in [2.05, 4.69) is 28.2 Å². The van der Waals surface area contributed by atoms with Crippen molar-refractivity contribution < 1.29 is 19.4 Å². The number of hydrogen-bond acceptors (Lipinski definition) is 6. The van der Waals surface area contributed by atoms with Crippen molar-refractivity contribution in [3.63, 3.8) is 0 Å². The molecular formula is C27H34ClN3O4. The van der Waals surface area contributed by atoms with Crippen LogP contribution in [0.25, 0.3) is 10.8 Å². The minimum atomic E-state index is -0.445. The standard InChI is InChI=1S/C27H34ClN3O4/c1-26(16-34-15-23(26)32)31-7-3-17(4-8-31)21-9-18-11-24(29-13-19(18)10-22(21)28)30-25(33)20-12-27(35-14-20)5-2-6-27/h9-11,13,17,20,23,32H,2-8,12,14-16H2,1H3,(H,29,30,33)/t20-,23+,26-/m1/s1. The number of fused-ring (bicyclic) bond motifs is 1. The van der Waals surface area contributed by atoms with E-state index < -0.39 is 6.10 Å². The van der Waals surface area contributed by atoms with Crippen molar-refractivity contribution in [3.8, 4) is 0 Å². The summed E-state index contributed by atoms with van der Waals surface area (Å²) >= 11 is 6.72. The number of aromatic nitrogens is 1. The van der Waals surface area contributed by atoms with Crippen molar-refractivity contribution in [1.29, 1.82) is 0 Å². The molecule has 3 saturated heterocycles. The summed E-state index contributed by atoms with van der Waals surface area (Å²) in [5.74, 6) is 0.813. The van der Waals surface area contributed by atoms with E-state index in [1.54, 1.807) is 6.20 Å². The van der Waals surface area contributed by atoms with E-state index in [1.165, 1.54) is 6.42 Å². The second-order valence-electron chi connectivity index (χ2n) is 11.2. The van der Waals surface area contributed by atoms with Gasteiger partial charge in [0.1, 0.15) is 5.82 Å². The lowest BCUT2D eigenvalue weighted by Gasteiger charge is -2.43. The van der Waals surface area contributed by atoms with Crippen LogP contribution in [0.2, 0.25) is 5.02 Å². The van der Waals surface area contributed by atoms with Gasteiger partial charge in [-0.15, -0.1) is 0 Å². The number of amides is 1. The molecule has 1 aromatic heterocycles. The van der Waals surface area contributed by atoms with E-state index in [9.17, 15) is 9.90 Å². The van der Waals surface area contributed by atoms with Crippen LogP contribution >= 0.6 is 11.6 Å². The van der Waals surface area contributed by atoms with Crippen LogP contribution in [0.1, 0.15) is 56.9 Å². The molecule has 7 nitrogen and oxygen atoms in total. The number of benzene rings is 1. The molecule has 2 N–H and O–H groups in total. The Morgan fingerprint density at radius 2 is 2.00 bits per heavy atom. The van der Waals surface area contributed by atoms with Crippen molar-refractivity contribution >= 4 is 34.1 Å². The fourth-order valence-electron chi connectivity index (χ4n) is 6.38. The number of pyridine rings is 1. The molecule has 1 aromatic carbocycles. The molecule has 1 aliphatic carbocycles. The summed E-state index contributed by atoms with van der Waals surface area (Å²) in [4.78, 5) is 19.7. The molecule has 6 rings (SSSR count). The zero-order valence-electron chi connectivity index (χ0n) is 20.3. The molecule has 0 radical (unpaired) electrons. The van der Waals surface area contributed by atoms with E-state index >= 15 is 0 Å². The third-order valence-corrected chi connectivity index (χ3v) is 9.31. The second kappa shape index (κ2) is 8.96. The van der Waals surface area contributed by atoms with Crippen LogP contribution in [0.4, 0.5) is 5.82 Å². The Bertz CT molecular complexity index is 1130. The number of aliphatic hydroxyl groups is 1. The van der Waals surface area contributed by atoms with Crippen LogP contribution < -0.4 is 5.32 Å². The van der Waals surface area contributed by atoms with Crippen molar-refractivity contribution in [2.24, 2.45) is 5.92 Å². The molecule has 4 aliphatic rings. The van der Waals surface area contributed by atoms with Crippen molar-refractivity contribution in [1.82, 2.24) is 9.88 Å². The molecule has 1 saturated carbocycles. The van der Waals surface area contributed by atoms with Gasteiger partial charge in [-0.2, -0.15) is 0 Å². The third-order valence-electron chi connectivity index (χ3n) is 8.98. The average Bonchev–Trinajstić information content (AvgIpc) is 3.44. The van der Waals surface area contributed by atoms with Gasteiger partial charge in [-0.05, 0) is 93.6 Å². The van der Waals surface area contributed by atoms with Gasteiger partial charge in [0.25, 0.3) is 0 Å². The number of anilines is 1. The highest BCUT2D eigenvalue weighted by Gasteiger charge is 2.47. The molecule has 0 bridgehead atoms. The molecular weight excluding hydrogens is 466 g/mol. The minimum absolute atomic E-state index is 0.00578. The van der Waals surface area contributed by atoms with Crippen LogP contribution in [-0.4, -0.2) is 71.1 Å². The third kappa shape index (κ3) is 4.25. The molecule has 188 valence electrons. The van der Waals surface area contributed by atoms with Crippen LogP contribution in [0.15, 0.2) is 24.4 Å². The highest BCUT2D eigenvalue weighted by molar-refractivity contribution is 6.32. The van der Waals surface area contributed by atoms with Gasteiger partial charge in [0.05, 0.1) is 43.0 Å². The number of piperidine rings is 1. The summed E-state index contributed by atoms with van der Waals surface area (Å²) in [7, 11) is 0. The van der Waals surface area contributed by atoms with Crippen LogP contribution in [-0.2, 0) is 14.3 Å². The maximum atomic E-state index is 12.9. The first-order chi connectivity index (χ1) is 16.9. The highest BCUT2D eigenvalue weighted by atomic mass is 35.5. The Balaban J connectivity index is 1.15. The number of halogens is 1. The number of likely N-dealkylation sites (tertiary alicyclic amines) is 1. The molecule has 3 atom stereocenters. The lowest BCUT2D eigenvalue weighted by Crippen LogP contribution is -2.56. The lowest BCUT2D eigenvalue weighted by molar-refractivity contribution is -0.119. The smallest absolute Gasteiger partial charge is 0.231 e. The summed E-state index contributed by atoms with van der Waals surface area (Å²) in [6.07, 6.45) is 7.44. The van der Waals surface area contributed by atoms with Gasteiger partial charge >= 0.3 is 0 Å². The number of ether oxygens (including phenoxy) is 2. The first-order valence-electron chi connectivity index (χ1n) is 12.9. The fraction of sp³-hybridized carbons (Fsp3) is 0.630. The van der Waals surface area contributed by atoms with Crippen LogP contribution in [0.5, 0.6) is 0 Å². The molecule has 1 amide bonds. The predicted octanol–water partition coefficient (Wildman–Crippen LogP) is 4.12. The molecule has 8 heteroatoms. The maximum Gasteiger partial charge on any atom is 0.231 e. The molecule has 0 unspecified atom stereocenters. The largest absolute Gasteiger partial charge is 0.389 e. The van der Waals surface area contributed by atoms with Gasteiger partial charge in [-0.25, -0.2) is 4.98 Å². The Morgan fingerprint density at radius 3 is 2.66 bits per heavy atom. The van der Waals surface area contributed by atoms with E-state index in [4.69, 9.17) is 21.1 Å². The van der Waals surface area contributed by atoms with Crippen LogP contribution in [0, 0.1) is 5.92 Å². The molecule has 4 fully saturated rings. The molecule has 1 spiro atoms. The molecule has 35 heavy (non-hydrogen) atoms. The fourth-order valence-corrected chi connectivity index (χ4v) is 6.71. The van der Waals surface area contributed by atoms with Gasteiger partial charge in [0.15, 0.2) is 0 Å². The summed E-state index contributed by atoms with van der Waals surface area (Å²) < 4.78 is 11.5. The van der Waals surface area contributed by atoms with Crippen molar-refractivity contribution in [3.05, 3.63) is 35.0 Å². The summed E-state index contributed by atoms with van der Waals surface area (Å²) in [6.45, 7) is 5.39. The van der Waals surface area contributed by atoms with E-state index in [0.717, 1.165) is 66.6 Å². The van der Waals surface area contributed by atoms with Gasteiger partial charge in [0.2, 0.25) is 5.91 Å². The number of rotatable bonds is 4. The topological polar surface area (TPSA) is 83.9 Å². The monoisotopic (exact) mass is 499 g/mol. The Kier molecular flexibility index (Phi) is 6.05. The van der Waals surface area contributed by atoms with Gasteiger partial charge in [-0.3, -0.25) is 9.69 Å². The molecule has 2 aromatic rings. The van der Waals surface area contributed by atoms with E-state index in [0.29, 0.717) is 31.6 Å². The zero-order chi connectivity index (χ0) is 24.2. The Hall–Kier alpha value is -1.77.